The highest BCUT2D eigenvalue weighted by molar-refractivity contribution is 6.78. The lowest BCUT2D eigenvalue weighted by Gasteiger charge is -2.23. The van der Waals surface area contributed by atoms with Crippen LogP contribution in [0.2, 0.25) is 0 Å². The highest BCUT2D eigenvalue weighted by Gasteiger charge is 2.32. The van der Waals surface area contributed by atoms with Crippen molar-refractivity contribution in [3.05, 3.63) is 12.3 Å². The Bertz CT molecular complexity index is 113. The summed E-state index contributed by atoms with van der Waals surface area (Å²) in [4.78, 5) is 0. The molecule has 11 heavy (non-hydrogen) atoms. The Morgan fingerprint density at radius 2 is 1.82 bits per heavy atom. The van der Waals surface area contributed by atoms with Crippen molar-refractivity contribution in [3.8, 4) is 0 Å². The van der Waals surface area contributed by atoms with Crippen LogP contribution < -0.4 is 0 Å². The van der Waals surface area contributed by atoms with Crippen LogP contribution in [0.3, 0.4) is 0 Å². The van der Waals surface area contributed by atoms with Gasteiger partial charge in [-0.25, -0.2) is 0 Å². The maximum absolute atomic E-state index is 5.72. The van der Waals surface area contributed by atoms with Crippen molar-refractivity contribution >= 4 is 20.2 Å². The molecule has 0 heterocycles. The lowest BCUT2D eigenvalue weighted by atomic mass is 10.9. The molecule has 0 bridgehead atoms. The highest BCUT2D eigenvalue weighted by Crippen LogP contribution is 2.10. The Morgan fingerprint density at radius 1 is 1.36 bits per heavy atom. The summed E-state index contributed by atoms with van der Waals surface area (Å²) in [6.45, 7) is 8.78. The third-order valence-corrected chi connectivity index (χ3v) is 4.94. The van der Waals surface area contributed by atoms with Gasteiger partial charge in [0.05, 0.1) is 5.50 Å². The first-order chi connectivity index (χ1) is 5.24. The molecule has 0 saturated carbocycles. The van der Waals surface area contributed by atoms with Gasteiger partial charge in [-0.15, -0.1) is 18.2 Å². The average Bonchev–Trinajstić information content (AvgIpc) is 2.04. The van der Waals surface area contributed by atoms with Crippen LogP contribution in [0, 0.1) is 0 Å². The zero-order valence-electron chi connectivity index (χ0n) is 7.10. The molecule has 0 radical (unpaired) electrons. The van der Waals surface area contributed by atoms with Gasteiger partial charge in [0.15, 0.2) is 0 Å². The molecule has 0 spiro atoms. The molecule has 0 fully saturated rings. The fourth-order valence-electron chi connectivity index (χ4n) is 0.780. The molecule has 0 rings (SSSR count). The molecule has 0 aliphatic carbocycles. The van der Waals surface area contributed by atoms with Crippen molar-refractivity contribution in [1.82, 2.24) is 0 Å². The molecular weight excluding hydrogens is 180 g/mol. The minimum atomic E-state index is -2.21. The molecule has 0 saturated heterocycles. The fourth-order valence-corrected chi connectivity index (χ4v) is 3.13. The summed E-state index contributed by atoms with van der Waals surface area (Å²) in [5.74, 6) is 0. The average molecular weight is 195 g/mol. The Morgan fingerprint density at radius 3 is 2.00 bits per heavy atom. The van der Waals surface area contributed by atoms with E-state index < -0.39 is 8.56 Å². The maximum Gasteiger partial charge on any atom is 0.379 e. The van der Waals surface area contributed by atoms with E-state index in [0.717, 1.165) is 0 Å². The molecule has 0 aromatic heterocycles. The summed E-state index contributed by atoms with van der Waals surface area (Å²) in [7, 11) is -2.21. The summed E-state index contributed by atoms with van der Waals surface area (Å²) in [5.41, 5.74) is 2.14. The maximum atomic E-state index is 5.72. The van der Waals surface area contributed by atoms with Gasteiger partial charge in [0, 0.05) is 13.2 Å². The first kappa shape index (κ1) is 11.2. The molecule has 0 aliphatic heterocycles. The van der Waals surface area contributed by atoms with Crippen LogP contribution in [0.1, 0.15) is 13.8 Å². The third kappa shape index (κ3) is 3.38. The van der Waals surface area contributed by atoms with E-state index in [-0.39, 0.29) is 0 Å². The molecule has 0 amide bonds. The van der Waals surface area contributed by atoms with Crippen molar-refractivity contribution in [2.45, 2.75) is 13.8 Å². The Kier molecular flexibility index (Phi) is 5.86. The summed E-state index contributed by atoms with van der Waals surface area (Å²) in [5, 5.41) is 0. The minimum Gasteiger partial charge on any atom is -0.391 e. The molecule has 0 aromatic carbocycles. The second-order valence-electron chi connectivity index (χ2n) is 2.02. The predicted octanol–water partition coefficient (Wildman–Crippen LogP) is 2.00. The van der Waals surface area contributed by atoms with Crippen LogP contribution in [0.4, 0.5) is 0 Å². The number of hydrogen-bond acceptors (Lipinski definition) is 2. The zero-order valence-corrected chi connectivity index (χ0v) is 8.86. The van der Waals surface area contributed by atoms with Crippen molar-refractivity contribution in [2.24, 2.45) is 0 Å². The SMILES string of the molecule is C=C[Si](CCl)(OCC)OCC. The van der Waals surface area contributed by atoms with Crippen molar-refractivity contribution < 1.29 is 8.85 Å². The van der Waals surface area contributed by atoms with Gasteiger partial charge in [-0.2, -0.15) is 0 Å². The van der Waals surface area contributed by atoms with Gasteiger partial charge in [0.1, 0.15) is 0 Å². The monoisotopic (exact) mass is 194 g/mol. The first-order valence-corrected chi connectivity index (χ1v) is 6.35. The second kappa shape index (κ2) is 5.77. The normalized spacial score (nSPS) is 11.5. The van der Waals surface area contributed by atoms with Gasteiger partial charge in [0.2, 0.25) is 0 Å². The largest absolute Gasteiger partial charge is 0.391 e. The number of alkyl halides is 1. The van der Waals surface area contributed by atoms with Gasteiger partial charge in [-0.05, 0) is 19.5 Å². The van der Waals surface area contributed by atoms with Gasteiger partial charge in [0.25, 0.3) is 0 Å². The lowest BCUT2D eigenvalue weighted by Crippen LogP contribution is -2.43. The van der Waals surface area contributed by atoms with Gasteiger partial charge in [-0.1, -0.05) is 0 Å². The van der Waals surface area contributed by atoms with Crippen molar-refractivity contribution in [2.75, 3.05) is 18.7 Å². The predicted molar refractivity (Wildman–Crippen MR) is 49.9 cm³/mol. The minimum absolute atomic E-state index is 0.415. The molecule has 4 heteroatoms. The second-order valence-corrected chi connectivity index (χ2v) is 5.69. The Hall–Kier alpha value is 0.167. The highest BCUT2D eigenvalue weighted by atomic mass is 35.5. The smallest absolute Gasteiger partial charge is 0.379 e. The van der Waals surface area contributed by atoms with Crippen LogP contribution >= 0.6 is 11.6 Å². The van der Waals surface area contributed by atoms with Crippen LogP contribution in [-0.2, 0) is 8.85 Å². The molecule has 0 aliphatic rings. The first-order valence-electron chi connectivity index (χ1n) is 3.72. The Balaban J connectivity index is 4.07. The quantitative estimate of drug-likeness (QED) is 0.476. The fraction of sp³-hybridized carbons (Fsp3) is 0.714. The topological polar surface area (TPSA) is 18.5 Å². The third-order valence-electron chi connectivity index (χ3n) is 1.27. The molecule has 0 aromatic rings. The number of rotatable bonds is 6. The summed E-state index contributed by atoms with van der Waals surface area (Å²) >= 11 is 5.72. The molecule has 0 N–H and O–H groups in total. The Labute approximate surface area is 74.4 Å². The zero-order chi connectivity index (χ0) is 8.74. The summed E-state index contributed by atoms with van der Waals surface area (Å²) < 4.78 is 10.9. The van der Waals surface area contributed by atoms with E-state index in [1.165, 1.54) is 0 Å². The van der Waals surface area contributed by atoms with Gasteiger partial charge < -0.3 is 8.85 Å². The van der Waals surface area contributed by atoms with E-state index in [2.05, 4.69) is 6.58 Å². The van der Waals surface area contributed by atoms with E-state index in [0.29, 0.717) is 18.7 Å². The van der Waals surface area contributed by atoms with Crippen LogP contribution in [-0.4, -0.2) is 27.3 Å². The number of halogens is 1. The van der Waals surface area contributed by atoms with E-state index in [1.54, 1.807) is 5.70 Å². The van der Waals surface area contributed by atoms with E-state index in [1.807, 2.05) is 13.8 Å². The van der Waals surface area contributed by atoms with Crippen molar-refractivity contribution in [3.63, 3.8) is 0 Å². The molecule has 0 unspecified atom stereocenters. The summed E-state index contributed by atoms with van der Waals surface area (Å²) in [6.07, 6.45) is 0. The van der Waals surface area contributed by atoms with E-state index in [9.17, 15) is 0 Å². The van der Waals surface area contributed by atoms with Gasteiger partial charge >= 0.3 is 8.56 Å². The molecule has 66 valence electrons. The molecule has 0 atom stereocenters. The standard InChI is InChI=1S/C7H15ClO2Si/c1-4-9-11(6-3,7-8)10-5-2/h6H,3-5,7H2,1-2H3. The van der Waals surface area contributed by atoms with Crippen LogP contribution in [0.5, 0.6) is 0 Å². The van der Waals surface area contributed by atoms with Crippen LogP contribution in [0.15, 0.2) is 12.3 Å². The molecule has 2 nitrogen and oxygen atoms in total. The molecular formula is C7H15ClO2Si. The van der Waals surface area contributed by atoms with E-state index >= 15 is 0 Å². The van der Waals surface area contributed by atoms with Crippen molar-refractivity contribution in [1.29, 1.82) is 0 Å². The van der Waals surface area contributed by atoms with E-state index in [4.69, 9.17) is 20.5 Å². The summed E-state index contributed by atoms with van der Waals surface area (Å²) in [6, 6.07) is 0. The number of hydrogen-bond donors (Lipinski definition) is 0. The van der Waals surface area contributed by atoms with Crippen LogP contribution in [0.25, 0.3) is 0 Å². The lowest BCUT2D eigenvalue weighted by molar-refractivity contribution is 0.200. The van der Waals surface area contributed by atoms with Gasteiger partial charge in [-0.3, -0.25) is 0 Å².